The highest BCUT2D eigenvalue weighted by Gasteiger charge is 2.63. The minimum absolute atomic E-state index is 0.213. The van der Waals surface area contributed by atoms with Crippen LogP contribution < -0.4 is 0 Å². The number of hydrogen-bond acceptors (Lipinski definition) is 1. The number of fused-ring (bicyclic) bond motifs is 1. The summed E-state index contributed by atoms with van der Waals surface area (Å²) in [6, 6.07) is 0. The fourth-order valence-electron chi connectivity index (χ4n) is 2.36. The van der Waals surface area contributed by atoms with Crippen molar-refractivity contribution in [2.24, 2.45) is 22.7 Å². The number of rotatable bonds is 0. The maximum Gasteiger partial charge on any atom is 0.146 e. The van der Waals surface area contributed by atoms with E-state index in [0.29, 0.717) is 17.6 Å². The van der Waals surface area contributed by atoms with Gasteiger partial charge >= 0.3 is 0 Å². The lowest BCUT2D eigenvalue weighted by molar-refractivity contribution is -0.127. The van der Waals surface area contributed by atoms with Crippen LogP contribution in [0.15, 0.2) is 12.2 Å². The molecule has 0 saturated heterocycles. The van der Waals surface area contributed by atoms with Crippen LogP contribution in [-0.4, -0.2) is 5.78 Å². The fraction of sp³-hybridized carbons (Fsp3) is 0.727. The molecule has 0 aromatic heterocycles. The van der Waals surface area contributed by atoms with Gasteiger partial charge in [0.1, 0.15) is 5.78 Å². The van der Waals surface area contributed by atoms with Crippen LogP contribution in [0.1, 0.15) is 27.7 Å². The number of hydrogen-bond donors (Lipinski definition) is 0. The Bertz CT molecular complexity index is 271. The second kappa shape index (κ2) is 1.84. The van der Waals surface area contributed by atoms with Crippen LogP contribution in [0.2, 0.25) is 0 Å². The molecule has 1 heteroatoms. The van der Waals surface area contributed by atoms with Crippen molar-refractivity contribution in [1.82, 2.24) is 0 Å². The molecule has 0 spiro atoms. The van der Waals surface area contributed by atoms with Crippen LogP contribution in [-0.2, 0) is 4.79 Å². The highest BCUT2D eigenvalue weighted by Crippen LogP contribution is 2.63. The predicted octanol–water partition coefficient (Wildman–Crippen LogP) is 2.42. The van der Waals surface area contributed by atoms with Crippen molar-refractivity contribution >= 4 is 5.78 Å². The van der Waals surface area contributed by atoms with Crippen molar-refractivity contribution in [3.63, 3.8) is 0 Å². The number of carbonyl (C=O) groups excluding carboxylic acids is 1. The molecule has 0 unspecified atom stereocenters. The second-order valence-electron chi connectivity index (χ2n) is 5.27. The van der Waals surface area contributed by atoms with E-state index >= 15 is 0 Å². The average Bonchev–Trinajstić information content (AvgIpc) is 2.46. The zero-order chi connectivity index (χ0) is 9.15. The molecule has 0 radical (unpaired) electrons. The van der Waals surface area contributed by atoms with E-state index in [4.69, 9.17) is 0 Å². The summed E-state index contributed by atoms with van der Waals surface area (Å²) in [7, 11) is 0. The maximum absolute atomic E-state index is 11.9. The molecule has 0 bridgehead atoms. The third-order valence-electron chi connectivity index (χ3n) is 3.55. The van der Waals surface area contributed by atoms with Gasteiger partial charge in [0.25, 0.3) is 0 Å². The molecule has 1 saturated carbocycles. The van der Waals surface area contributed by atoms with Crippen molar-refractivity contribution in [3.05, 3.63) is 12.2 Å². The zero-order valence-corrected chi connectivity index (χ0v) is 8.22. The average molecular weight is 164 g/mol. The Morgan fingerprint density at radius 3 is 2.33 bits per heavy atom. The molecule has 2 rings (SSSR count). The summed E-state index contributed by atoms with van der Waals surface area (Å²) in [6.07, 6.45) is 4.30. The lowest BCUT2D eigenvalue weighted by Gasteiger charge is -2.21. The minimum Gasteiger partial charge on any atom is -0.298 e. The van der Waals surface area contributed by atoms with E-state index in [9.17, 15) is 4.79 Å². The molecule has 0 aliphatic heterocycles. The van der Waals surface area contributed by atoms with E-state index in [1.54, 1.807) is 0 Å². The molecule has 0 N–H and O–H groups in total. The van der Waals surface area contributed by atoms with E-state index in [-0.39, 0.29) is 10.8 Å². The standard InChI is InChI=1S/C11H16O/c1-10(2)6-5-7-8(9(10)12)11(7,3)4/h5-8H,1-4H3/t7-,8+/m1/s1. The molecule has 1 fully saturated rings. The van der Waals surface area contributed by atoms with E-state index in [1.807, 2.05) is 13.8 Å². The fourth-order valence-corrected chi connectivity index (χ4v) is 2.36. The first-order chi connectivity index (χ1) is 5.37. The number of allylic oxidation sites excluding steroid dienone is 2. The Hall–Kier alpha value is -0.590. The summed E-state index contributed by atoms with van der Waals surface area (Å²) >= 11 is 0. The Kier molecular flexibility index (Phi) is 1.23. The van der Waals surface area contributed by atoms with Crippen LogP contribution >= 0.6 is 0 Å². The zero-order valence-electron chi connectivity index (χ0n) is 8.22. The van der Waals surface area contributed by atoms with Crippen molar-refractivity contribution in [2.75, 3.05) is 0 Å². The van der Waals surface area contributed by atoms with Gasteiger partial charge in [-0.25, -0.2) is 0 Å². The van der Waals surface area contributed by atoms with Gasteiger partial charge in [0.15, 0.2) is 0 Å². The Balaban J connectivity index is 2.36. The summed E-state index contributed by atoms with van der Waals surface area (Å²) in [4.78, 5) is 11.9. The predicted molar refractivity (Wildman–Crippen MR) is 48.7 cm³/mol. The quantitative estimate of drug-likeness (QED) is 0.502. The highest BCUT2D eigenvalue weighted by atomic mass is 16.1. The summed E-state index contributed by atoms with van der Waals surface area (Å²) < 4.78 is 0. The first-order valence-corrected chi connectivity index (χ1v) is 4.61. The Morgan fingerprint density at radius 2 is 1.83 bits per heavy atom. The SMILES string of the molecule is CC1(C)C=C[C@@H]2[C@@H](C1=O)C2(C)C. The van der Waals surface area contributed by atoms with Crippen molar-refractivity contribution in [1.29, 1.82) is 0 Å². The third kappa shape index (κ3) is 0.769. The molecule has 12 heavy (non-hydrogen) atoms. The number of ketones is 1. The monoisotopic (exact) mass is 164 g/mol. The molecule has 2 atom stereocenters. The van der Waals surface area contributed by atoms with Crippen LogP contribution in [0.4, 0.5) is 0 Å². The Morgan fingerprint density at radius 1 is 1.25 bits per heavy atom. The topological polar surface area (TPSA) is 17.1 Å². The van der Waals surface area contributed by atoms with Gasteiger partial charge in [-0.1, -0.05) is 26.0 Å². The lowest BCUT2D eigenvalue weighted by atomic mass is 9.81. The molecule has 66 valence electrons. The van der Waals surface area contributed by atoms with E-state index in [1.165, 1.54) is 0 Å². The van der Waals surface area contributed by atoms with Gasteiger partial charge in [0.05, 0.1) is 0 Å². The number of carbonyl (C=O) groups is 1. The molecular weight excluding hydrogens is 148 g/mol. The van der Waals surface area contributed by atoms with E-state index in [2.05, 4.69) is 26.0 Å². The minimum atomic E-state index is -0.213. The summed E-state index contributed by atoms with van der Waals surface area (Å²) in [5.41, 5.74) is 0.0241. The molecular formula is C11H16O. The van der Waals surface area contributed by atoms with Gasteiger partial charge in [-0.3, -0.25) is 4.79 Å². The molecule has 2 aliphatic rings. The van der Waals surface area contributed by atoms with E-state index in [0.717, 1.165) is 0 Å². The first kappa shape index (κ1) is 8.03. The molecule has 2 aliphatic carbocycles. The van der Waals surface area contributed by atoms with Crippen LogP contribution in [0.25, 0.3) is 0 Å². The summed E-state index contributed by atoms with van der Waals surface area (Å²) in [5, 5.41) is 0. The van der Waals surface area contributed by atoms with Crippen molar-refractivity contribution in [3.8, 4) is 0 Å². The van der Waals surface area contributed by atoms with Gasteiger partial charge in [0, 0.05) is 11.3 Å². The smallest absolute Gasteiger partial charge is 0.146 e. The first-order valence-electron chi connectivity index (χ1n) is 4.61. The lowest BCUT2D eigenvalue weighted by Crippen LogP contribution is -2.27. The van der Waals surface area contributed by atoms with E-state index < -0.39 is 0 Å². The van der Waals surface area contributed by atoms with Gasteiger partial charge in [0.2, 0.25) is 0 Å². The molecule has 0 amide bonds. The number of Topliss-reactive ketones (excluding diaryl/α,β-unsaturated/α-hetero) is 1. The normalized spacial score (nSPS) is 40.8. The van der Waals surface area contributed by atoms with Gasteiger partial charge in [-0.05, 0) is 25.2 Å². The van der Waals surface area contributed by atoms with Crippen molar-refractivity contribution in [2.45, 2.75) is 27.7 Å². The van der Waals surface area contributed by atoms with Crippen molar-refractivity contribution < 1.29 is 4.79 Å². The summed E-state index contributed by atoms with van der Waals surface area (Å²) in [6.45, 7) is 8.39. The van der Waals surface area contributed by atoms with Crippen LogP contribution in [0, 0.1) is 22.7 Å². The summed E-state index contributed by atoms with van der Waals surface area (Å²) in [5.74, 6) is 1.26. The third-order valence-corrected chi connectivity index (χ3v) is 3.55. The van der Waals surface area contributed by atoms with Crippen LogP contribution in [0.3, 0.4) is 0 Å². The van der Waals surface area contributed by atoms with Gasteiger partial charge in [-0.15, -0.1) is 0 Å². The van der Waals surface area contributed by atoms with Crippen LogP contribution in [0.5, 0.6) is 0 Å². The molecule has 0 aromatic rings. The molecule has 0 heterocycles. The van der Waals surface area contributed by atoms with Gasteiger partial charge in [-0.2, -0.15) is 0 Å². The largest absolute Gasteiger partial charge is 0.298 e. The molecule has 1 nitrogen and oxygen atoms in total. The highest BCUT2D eigenvalue weighted by molar-refractivity contribution is 5.93. The Labute approximate surface area is 73.8 Å². The maximum atomic E-state index is 11.9. The second-order valence-corrected chi connectivity index (χ2v) is 5.27. The molecule has 0 aromatic carbocycles. The van der Waals surface area contributed by atoms with Gasteiger partial charge < -0.3 is 0 Å².